The Bertz CT molecular complexity index is 288. The molecule has 126 valence electrons. The summed E-state index contributed by atoms with van der Waals surface area (Å²) in [4.78, 5) is 2.04. The second kappa shape index (κ2) is 8.37. The first-order valence-corrected chi connectivity index (χ1v) is 8.36. The molecule has 0 amide bonds. The number of hydrogen-bond acceptors (Lipinski definition) is 2. The summed E-state index contributed by atoms with van der Waals surface area (Å²) >= 11 is 0. The molecule has 0 aliphatic carbocycles. The summed E-state index contributed by atoms with van der Waals surface area (Å²) in [6.45, 7) is 10.1. The predicted molar refractivity (Wildman–Crippen MR) is 81.4 cm³/mol. The molecule has 2 nitrogen and oxygen atoms in total. The van der Waals surface area contributed by atoms with Crippen LogP contribution in [0.3, 0.4) is 0 Å². The van der Waals surface area contributed by atoms with Gasteiger partial charge in [0.1, 0.15) is 0 Å². The van der Waals surface area contributed by atoms with E-state index in [2.05, 4.69) is 26.1 Å². The Hall–Kier alpha value is -0.290. The highest BCUT2D eigenvalue weighted by molar-refractivity contribution is 4.86. The molecule has 0 spiro atoms. The third-order valence-electron chi connectivity index (χ3n) is 4.95. The van der Waals surface area contributed by atoms with Crippen LogP contribution in [0.1, 0.15) is 52.9 Å². The van der Waals surface area contributed by atoms with Gasteiger partial charge in [0.2, 0.25) is 0 Å². The molecule has 0 saturated carbocycles. The van der Waals surface area contributed by atoms with Gasteiger partial charge in [-0.2, -0.15) is 13.2 Å². The zero-order valence-corrected chi connectivity index (χ0v) is 13.7. The van der Waals surface area contributed by atoms with E-state index < -0.39 is 12.1 Å². The summed E-state index contributed by atoms with van der Waals surface area (Å²) in [6, 6.07) is 0. The first-order chi connectivity index (χ1) is 9.87. The fourth-order valence-corrected chi connectivity index (χ4v) is 3.25. The molecule has 0 aromatic carbocycles. The average molecular weight is 308 g/mol. The predicted octanol–water partition coefficient (Wildman–Crippen LogP) is 4.07. The van der Waals surface area contributed by atoms with Gasteiger partial charge in [0.05, 0.1) is 5.92 Å². The topological polar surface area (TPSA) is 15.3 Å². The number of nitrogens with one attached hydrogen (secondary N) is 1. The zero-order valence-electron chi connectivity index (χ0n) is 13.7. The van der Waals surface area contributed by atoms with E-state index in [0.717, 1.165) is 45.4 Å². The Labute approximate surface area is 127 Å². The van der Waals surface area contributed by atoms with Crippen molar-refractivity contribution in [3.8, 4) is 0 Å². The number of nitrogens with zero attached hydrogens (tertiary/aromatic N) is 1. The molecule has 21 heavy (non-hydrogen) atoms. The molecule has 0 bridgehead atoms. The van der Waals surface area contributed by atoms with Gasteiger partial charge >= 0.3 is 6.18 Å². The standard InChI is InChI=1S/C16H31F3N2/c1-4-9-20-12-15(5-2,6-3)13-21-10-7-8-14(11-21)16(17,18)19/h14,20H,4-13H2,1-3H3. The van der Waals surface area contributed by atoms with E-state index in [0.29, 0.717) is 12.8 Å². The Morgan fingerprint density at radius 3 is 2.33 bits per heavy atom. The van der Waals surface area contributed by atoms with Crippen molar-refractivity contribution in [2.24, 2.45) is 11.3 Å². The van der Waals surface area contributed by atoms with Gasteiger partial charge in [0.25, 0.3) is 0 Å². The third-order valence-corrected chi connectivity index (χ3v) is 4.95. The minimum absolute atomic E-state index is 0.0999. The van der Waals surface area contributed by atoms with Gasteiger partial charge in [-0.15, -0.1) is 0 Å². The SMILES string of the molecule is CCCNCC(CC)(CC)CN1CCCC(C(F)(F)F)C1. The van der Waals surface area contributed by atoms with Crippen LogP contribution in [-0.2, 0) is 0 Å². The molecule has 1 rings (SSSR count). The van der Waals surface area contributed by atoms with Crippen LogP contribution in [0.2, 0.25) is 0 Å². The van der Waals surface area contributed by atoms with Gasteiger partial charge in [-0.3, -0.25) is 0 Å². The lowest BCUT2D eigenvalue weighted by Gasteiger charge is -2.41. The van der Waals surface area contributed by atoms with Crippen molar-refractivity contribution in [1.29, 1.82) is 0 Å². The number of piperidine rings is 1. The van der Waals surface area contributed by atoms with E-state index in [1.54, 1.807) is 0 Å². The van der Waals surface area contributed by atoms with E-state index in [-0.39, 0.29) is 12.0 Å². The quantitative estimate of drug-likeness (QED) is 0.680. The minimum Gasteiger partial charge on any atom is -0.316 e. The molecule has 0 aromatic heterocycles. The molecule has 1 unspecified atom stereocenters. The molecule has 1 atom stereocenters. The molecular formula is C16H31F3N2. The lowest BCUT2D eigenvalue weighted by Crippen LogP contribution is -2.49. The summed E-state index contributed by atoms with van der Waals surface area (Å²) < 4.78 is 38.8. The van der Waals surface area contributed by atoms with Crippen molar-refractivity contribution in [2.45, 2.75) is 59.1 Å². The molecule has 1 N–H and O–H groups in total. The molecule has 1 heterocycles. The van der Waals surface area contributed by atoms with Gasteiger partial charge < -0.3 is 10.2 Å². The maximum atomic E-state index is 12.9. The second-order valence-electron chi connectivity index (χ2n) is 6.50. The molecule has 0 radical (unpaired) electrons. The fourth-order valence-electron chi connectivity index (χ4n) is 3.25. The Kier molecular flexibility index (Phi) is 7.48. The Balaban J connectivity index is 2.61. The maximum absolute atomic E-state index is 12.9. The summed E-state index contributed by atoms with van der Waals surface area (Å²) in [5, 5.41) is 3.46. The van der Waals surface area contributed by atoms with Gasteiger partial charge in [-0.1, -0.05) is 20.8 Å². The van der Waals surface area contributed by atoms with Crippen LogP contribution < -0.4 is 5.32 Å². The van der Waals surface area contributed by atoms with Crippen LogP contribution in [-0.4, -0.2) is 43.8 Å². The summed E-state index contributed by atoms with van der Waals surface area (Å²) in [7, 11) is 0. The van der Waals surface area contributed by atoms with E-state index in [1.165, 1.54) is 0 Å². The molecule has 1 aliphatic rings. The first kappa shape index (κ1) is 18.8. The van der Waals surface area contributed by atoms with Crippen LogP contribution >= 0.6 is 0 Å². The Morgan fingerprint density at radius 2 is 1.81 bits per heavy atom. The molecular weight excluding hydrogens is 277 g/mol. The summed E-state index contributed by atoms with van der Waals surface area (Å²) in [6.07, 6.45) is 0.0137. The number of hydrogen-bond donors (Lipinski definition) is 1. The summed E-state index contributed by atoms with van der Waals surface area (Å²) in [5.74, 6) is -1.14. The number of likely N-dealkylation sites (tertiary alicyclic amines) is 1. The van der Waals surface area contributed by atoms with E-state index >= 15 is 0 Å². The third kappa shape index (κ3) is 5.78. The first-order valence-electron chi connectivity index (χ1n) is 8.36. The van der Waals surface area contributed by atoms with Crippen molar-refractivity contribution in [3.05, 3.63) is 0 Å². The fraction of sp³-hybridized carbons (Fsp3) is 1.00. The second-order valence-corrected chi connectivity index (χ2v) is 6.50. The summed E-state index contributed by atoms with van der Waals surface area (Å²) in [5.41, 5.74) is 0.0999. The monoisotopic (exact) mass is 308 g/mol. The smallest absolute Gasteiger partial charge is 0.316 e. The van der Waals surface area contributed by atoms with Gasteiger partial charge in [0.15, 0.2) is 0 Å². The largest absolute Gasteiger partial charge is 0.393 e. The van der Waals surface area contributed by atoms with E-state index in [4.69, 9.17) is 0 Å². The van der Waals surface area contributed by atoms with Crippen LogP contribution in [0.25, 0.3) is 0 Å². The maximum Gasteiger partial charge on any atom is 0.393 e. The van der Waals surface area contributed by atoms with Crippen molar-refractivity contribution >= 4 is 0 Å². The van der Waals surface area contributed by atoms with Gasteiger partial charge in [0, 0.05) is 19.6 Å². The molecule has 1 fully saturated rings. The molecule has 5 heteroatoms. The van der Waals surface area contributed by atoms with Gasteiger partial charge in [-0.25, -0.2) is 0 Å². The molecule has 1 aliphatic heterocycles. The highest BCUT2D eigenvalue weighted by atomic mass is 19.4. The van der Waals surface area contributed by atoms with Gasteiger partial charge in [-0.05, 0) is 50.6 Å². The number of rotatable bonds is 8. The normalized spacial score (nSPS) is 21.7. The minimum atomic E-state index is -4.04. The van der Waals surface area contributed by atoms with Crippen LogP contribution in [0.5, 0.6) is 0 Å². The van der Waals surface area contributed by atoms with Crippen molar-refractivity contribution < 1.29 is 13.2 Å². The van der Waals surface area contributed by atoms with Crippen LogP contribution in [0.4, 0.5) is 13.2 Å². The average Bonchev–Trinajstić information content (AvgIpc) is 2.46. The molecule has 1 saturated heterocycles. The zero-order chi connectivity index (χ0) is 15.9. The van der Waals surface area contributed by atoms with Crippen molar-refractivity contribution in [2.75, 3.05) is 32.7 Å². The van der Waals surface area contributed by atoms with Crippen LogP contribution in [0, 0.1) is 11.3 Å². The molecule has 0 aromatic rings. The highest BCUT2D eigenvalue weighted by Gasteiger charge is 2.42. The van der Waals surface area contributed by atoms with E-state index in [9.17, 15) is 13.2 Å². The van der Waals surface area contributed by atoms with Crippen molar-refractivity contribution in [3.63, 3.8) is 0 Å². The lowest BCUT2D eigenvalue weighted by molar-refractivity contribution is -0.187. The number of alkyl halides is 3. The highest BCUT2D eigenvalue weighted by Crippen LogP contribution is 2.35. The van der Waals surface area contributed by atoms with E-state index in [1.807, 2.05) is 4.90 Å². The lowest BCUT2D eigenvalue weighted by atomic mass is 9.80. The number of halogens is 3. The Morgan fingerprint density at radius 1 is 1.14 bits per heavy atom. The van der Waals surface area contributed by atoms with Crippen LogP contribution in [0.15, 0.2) is 0 Å². The van der Waals surface area contributed by atoms with Crippen molar-refractivity contribution in [1.82, 2.24) is 10.2 Å².